The molecule has 0 aromatic heterocycles. The monoisotopic (exact) mass is 359 g/mol. The summed E-state index contributed by atoms with van der Waals surface area (Å²) < 4.78 is 4.53. The zero-order valence-corrected chi connectivity index (χ0v) is 17.6. The summed E-state index contributed by atoms with van der Waals surface area (Å²) in [4.78, 5) is 22.4. The summed E-state index contributed by atoms with van der Waals surface area (Å²) in [5, 5.41) is 2.85. The molecule has 0 saturated heterocycles. The van der Waals surface area contributed by atoms with Crippen LogP contribution >= 0.6 is 11.8 Å². The third-order valence-corrected chi connectivity index (χ3v) is 3.64. The normalized spacial score (nSPS) is 10.7. The van der Waals surface area contributed by atoms with E-state index in [0.29, 0.717) is 24.5 Å². The number of carbonyl (C=O) groups is 2. The van der Waals surface area contributed by atoms with Gasteiger partial charge in [-0.15, -0.1) is 0 Å². The standard InChI is InChI=1S/C15H25NO3S.2C2H6/c1-5-12(2)6-7-13(3)10-16-14(17)11-20-9-8-15(18)19-4;2*1-2/h6-7H,5,8-11H2,1-4H3,(H,16,17);2*1-2H3/b12-6+,13-7+;;. The lowest BCUT2D eigenvalue weighted by molar-refractivity contribution is -0.140. The number of esters is 1. The molecule has 0 aromatic rings. The second kappa shape index (κ2) is 21.8. The number of nitrogens with one attached hydrogen (secondary N) is 1. The quantitative estimate of drug-likeness (QED) is 0.366. The third kappa shape index (κ3) is 20.8. The Morgan fingerprint density at radius 3 is 2.08 bits per heavy atom. The summed E-state index contributed by atoms with van der Waals surface area (Å²) in [7, 11) is 1.36. The van der Waals surface area contributed by atoms with Gasteiger partial charge in [-0.3, -0.25) is 9.59 Å². The van der Waals surface area contributed by atoms with E-state index in [-0.39, 0.29) is 11.9 Å². The van der Waals surface area contributed by atoms with Crippen LogP contribution in [-0.4, -0.2) is 37.0 Å². The van der Waals surface area contributed by atoms with E-state index < -0.39 is 0 Å². The molecule has 0 heterocycles. The van der Waals surface area contributed by atoms with Gasteiger partial charge in [-0.2, -0.15) is 11.8 Å². The highest BCUT2D eigenvalue weighted by Crippen LogP contribution is 2.03. The fourth-order valence-corrected chi connectivity index (χ4v) is 1.92. The Labute approximate surface area is 153 Å². The number of allylic oxidation sites excluding steroid dienone is 3. The van der Waals surface area contributed by atoms with Gasteiger partial charge in [0.2, 0.25) is 5.91 Å². The average Bonchev–Trinajstić information content (AvgIpc) is 2.64. The van der Waals surface area contributed by atoms with Crippen LogP contribution in [0.4, 0.5) is 0 Å². The fraction of sp³-hybridized carbons (Fsp3) is 0.684. The highest BCUT2D eigenvalue weighted by atomic mass is 32.2. The van der Waals surface area contributed by atoms with Gasteiger partial charge in [-0.1, -0.05) is 57.9 Å². The molecule has 0 saturated carbocycles. The zero-order chi connectivity index (χ0) is 19.4. The van der Waals surface area contributed by atoms with Crippen LogP contribution in [-0.2, 0) is 14.3 Å². The molecule has 1 N–H and O–H groups in total. The maximum absolute atomic E-state index is 11.6. The van der Waals surface area contributed by atoms with Gasteiger partial charge in [0.1, 0.15) is 0 Å². The summed E-state index contributed by atoms with van der Waals surface area (Å²) in [6.07, 6.45) is 5.48. The van der Waals surface area contributed by atoms with Crippen molar-refractivity contribution in [2.24, 2.45) is 0 Å². The van der Waals surface area contributed by atoms with Gasteiger partial charge in [-0.25, -0.2) is 0 Å². The Morgan fingerprint density at radius 1 is 1.04 bits per heavy atom. The van der Waals surface area contributed by atoms with Crippen LogP contribution in [0.3, 0.4) is 0 Å². The number of rotatable bonds is 9. The Balaban J connectivity index is -0.00000102. The molecule has 0 unspecified atom stereocenters. The fourth-order valence-electron chi connectivity index (χ4n) is 1.17. The third-order valence-electron chi connectivity index (χ3n) is 2.69. The Hall–Kier alpha value is -1.23. The van der Waals surface area contributed by atoms with Crippen LogP contribution in [0.1, 0.15) is 61.3 Å². The number of carbonyl (C=O) groups excluding carboxylic acids is 2. The van der Waals surface area contributed by atoms with Crippen LogP contribution < -0.4 is 5.32 Å². The van der Waals surface area contributed by atoms with Crippen molar-refractivity contribution < 1.29 is 14.3 Å². The van der Waals surface area contributed by atoms with E-state index >= 15 is 0 Å². The predicted molar refractivity (Wildman–Crippen MR) is 107 cm³/mol. The van der Waals surface area contributed by atoms with Crippen molar-refractivity contribution in [3.05, 3.63) is 23.3 Å². The van der Waals surface area contributed by atoms with Crippen molar-refractivity contribution >= 4 is 23.6 Å². The first-order valence-electron chi connectivity index (χ1n) is 8.73. The largest absolute Gasteiger partial charge is 0.469 e. The van der Waals surface area contributed by atoms with Crippen LogP contribution in [0.5, 0.6) is 0 Å². The Kier molecular flexibility index (Phi) is 25.0. The predicted octanol–water partition coefficient (Wildman–Crippen LogP) is 4.75. The molecule has 1 amide bonds. The zero-order valence-electron chi connectivity index (χ0n) is 16.8. The van der Waals surface area contributed by atoms with E-state index in [2.05, 4.69) is 30.0 Å². The first-order chi connectivity index (χ1) is 11.5. The van der Waals surface area contributed by atoms with Crippen LogP contribution in [0.15, 0.2) is 23.3 Å². The van der Waals surface area contributed by atoms with Crippen molar-refractivity contribution in [1.29, 1.82) is 0 Å². The molecule has 142 valence electrons. The van der Waals surface area contributed by atoms with E-state index in [1.165, 1.54) is 24.4 Å². The van der Waals surface area contributed by atoms with E-state index in [1.807, 2.05) is 40.7 Å². The summed E-state index contributed by atoms with van der Waals surface area (Å²) in [6, 6.07) is 0. The van der Waals surface area contributed by atoms with Gasteiger partial charge in [0.05, 0.1) is 19.3 Å². The van der Waals surface area contributed by atoms with Crippen molar-refractivity contribution in [2.75, 3.05) is 25.2 Å². The molecule has 0 spiro atoms. The first kappa shape index (κ1) is 27.6. The van der Waals surface area contributed by atoms with Gasteiger partial charge in [-0.05, 0) is 20.3 Å². The van der Waals surface area contributed by atoms with E-state index in [9.17, 15) is 9.59 Å². The van der Waals surface area contributed by atoms with Crippen LogP contribution in [0, 0.1) is 0 Å². The van der Waals surface area contributed by atoms with Gasteiger partial charge in [0, 0.05) is 12.3 Å². The number of hydrogen-bond donors (Lipinski definition) is 1. The molecule has 0 rings (SSSR count). The number of ether oxygens (including phenoxy) is 1. The first-order valence-corrected chi connectivity index (χ1v) is 9.89. The molecule has 0 bridgehead atoms. The average molecular weight is 360 g/mol. The van der Waals surface area contributed by atoms with E-state index in [1.54, 1.807) is 0 Å². The maximum Gasteiger partial charge on any atom is 0.306 e. The molecule has 5 heteroatoms. The summed E-state index contributed by atoms with van der Waals surface area (Å²) in [6.45, 7) is 14.7. The number of amides is 1. The second-order valence-corrected chi connectivity index (χ2v) is 5.64. The summed E-state index contributed by atoms with van der Waals surface area (Å²) in [5.41, 5.74) is 2.43. The minimum absolute atomic E-state index is 0.0104. The second-order valence-electron chi connectivity index (χ2n) is 4.54. The molecule has 0 aliphatic carbocycles. The molecular formula is C19H37NO3S. The number of thioether (sulfide) groups is 1. The smallest absolute Gasteiger partial charge is 0.306 e. The highest BCUT2D eigenvalue weighted by Gasteiger charge is 2.03. The molecule has 0 aliphatic rings. The molecule has 0 fully saturated rings. The van der Waals surface area contributed by atoms with Gasteiger partial charge in [0.25, 0.3) is 0 Å². The highest BCUT2D eigenvalue weighted by molar-refractivity contribution is 7.99. The summed E-state index contributed by atoms with van der Waals surface area (Å²) in [5.74, 6) is 0.722. The summed E-state index contributed by atoms with van der Waals surface area (Å²) >= 11 is 1.43. The maximum atomic E-state index is 11.6. The topological polar surface area (TPSA) is 55.4 Å². The number of methoxy groups -OCH3 is 1. The lowest BCUT2D eigenvalue weighted by Crippen LogP contribution is -2.26. The van der Waals surface area contributed by atoms with Crippen LogP contribution in [0.2, 0.25) is 0 Å². The molecule has 0 aromatic carbocycles. The van der Waals surface area contributed by atoms with Crippen molar-refractivity contribution in [2.45, 2.75) is 61.3 Å². The van der Waals surface area contributed by atoms with Crippen molar-refractivity contribution in [3.8, 4) is 0 Å². The lowest BCUT2D eigenvalue weighted by atomic mass is 10.2. The minimum atomic E-state index is -0.241. The van der Waals surface area contributed by atoms with Crippen molar-refractivity contribution in [3.63, 3.8) is 0 Å². The minimum Gasteiger partial charge on any atom is -0.469 e. The Morgan fingerprint density at radius 2 is 1.58 bits per heavy atom. The Bertz CT molecular complexity index is 377. The molecule has 0 atom stereocenters. The van der Waals surface area contributed by atoms with Gasteiger partial charge >= 0.3 is 5.97 Å². The molecule has 0 aliphatic heterocycles. The van der Waals surface area contributed by atoms with E-state index in [4.69, 9.17) is 0 Å². The SMILES string of the molecule is CC.CC.CC/C(C)=C/C=C(\C)CNC(=O)CSCCC(=O)OC. The van der Waals surface area contributed by atoms with Crippen LogP contribution in [0.25, 0.3) is 0 Å². The lowest BCUT2D eigenvalue weighted by Gasteiger charge is -2.05. The molecular weight excluding hydrogens is 322 g/mol. The molecule has 0 radical (unpaired) electrons. The number of hydrogen-bond acceptors (Lipinski definition) is 4. The van der Waals surface area contributed by atoms with Crippen molar-refractivity contribution in [1.82, 2.24) is 5.32 Å². The molecule has 24 heavy (non-hydrogen) atoms. The van der Waals surface area contributed by atoms with E-state index in [0.717, 1.165) is 12.0 Å². The van der Waals surface area contributed by atoms with Gasteiger partial charge in [0.15, 0.2) is 0 Å². The van der Waals surface area contributed by atoms with Gasteiger partial charge < -0.3 is 10.1 Å². The molecule has 4 nitrogen and oxygen atoms in total.